The predicted octanol–water partition coefficient (Wildman–Crippen LogP) is 4.30. The molecule has 0 spiro atoms. The van der Waals surface area contributed by atoms with Crippen molar-refractivity contribution in [3.63, 3.8) is 0 Å². The number of nitrogen functional groups attached to an aromatic ring is 1. The third-order valence-corrected chi connectivity index (χ3v) is 3.23. The number of benzene rings is 2. The van der Waals surface area contributed by atoms with Gasteiger partial charge in [-0.3, -0.25) is 4.79 Å². The molecule has 0 aliphatic carbocycles. The average molecular weight is 359 g/mol. The number of nitrogens with two attached hydrogens (primary N) is 1. The zero-order valence-corrected chi connectivity index (χ0v) is 12.1. The molecule has 0 radical (unpaired) electrons. The third-order valence-electron chi connectivity index (χ3n) is 2.74. The Balaban J connectivity index is 2.32. The van der Waals surface area contributed by atoms with Crippen molar-refractivity contribution in [3.05, 3.63) is 58.1 Å². The largest absolute Gasteiger partial charge is 0.418 e. The van der Waals surface area contributed by atoms with E-state index in [0.717, 1.165) is 16.6 Å². The second-order valence-corrected chi connectivity index (χ2v) is 5.14. The summed E-state index contributed by atoms with van der Waals surface area (Å²) in [6, 6.07) is 9.93. The van der Waals surface area contributed by atoms with E-state index < -0.39 is 23.3 Å². The third kappa shape index (κ3) is 3.55. The Bertz CT molecular complexity index is 686. The molecule has 0 aliphatic rings. The van der Waals surface area contributed by atoms with E-state index in [-0.39, 0.29) is 5.56 Å². The standard InChI is InChI=1S/C14H10BrF3N2O/c15-8-3-1-4-9(7-8)20-13(21)10-5-2-6-11(12(10)19)14(16,17)18/h1-7H,19H2,(H,20,21). The van der Waals surface area contributed by atoms with E-state index in [0.29, 0.717) is 5.69 Å². The van der Waals surface area contributed by atoms with Crippen molar-refractivity contribution in [1.82, 2.24) is 0 Å². The Kier molecular flexibility index (Phi) is 4.22. The lowest BCUT2D eigenvalue weighted by atomic mass is 10.1. The van der Waals surface area contributed by atoms with Crippen LogP contribution in [0.25, 0.3) is 0 Å². The van der Waals surface area contributed by atoms with E-state index in [1.54, 1.807) is 24.3 Å². The Morgan fingerprint density at radius 3 is 2.43 bits per heavy atom. The molecule has 2 aromatic carbocycles. The molecule has 0 aliphatic heterocycles. The number of hydrogen-bond acceptors (Lipinski definition) is 2. The van der Waals surface area contributed by atoms with Crippen LogP contribution < -0.4 is 11.1 Å². The van der Waals surface area contributed by atoms with Gasteiger partial charge in [0.25, 0.3) is 5.91 Å². The van der Waals surface area contributed by atoms with Crippen molar-refractivity contribution in [2.24, 2.45) is 0 Å². The summed E-state index contributed by atoms with van der Waals surface area (Å²) >= 11 is 3.24. The molecule has 3 nitrogen and oxygen atoms in total. The van der Waals surface area contributed by atoms with Gasteiger partial charge in [-0.1, -0.05) is 28.1 Å². The van der Waals surface area contributed by atoms with Gasteiger partial charge in [0.2, 0.25) is 0 Å². The second-order valence-electron chi connectivity index (χ2n) is 4.23. The van der Waals surface area contributed by atoms with Crippen LogP contribution in [0.5, 0.6) is 0 Å². The van der Waals surface area contributed by atoms with Crippen LogP contribution in [0.1, 0.15) is 15.9 Å². The van der Waals surface area contributed by atoms with Crippen LogP contribution in [-0.2, 0) is 6.18 Å². The van der Waals surface area contributed by atoms with E-state index in [1.807, 2.05) is 0 Å². The number of carbonyl (C=O) groups excluding carboxylic acids is 1. The lowest BCUT2D eigenvalue weighted by Gasteiger charge is -2.13. The van der Waals surface area contributed by atoms with Crippen molar-refractivity contribution in [2.75, 3.05) is 11.1 Å². The maximum Gasteiger partial charge on any atom is 0.418 e. The van der Waals surface area contributed by atoms with Gasteiger partial charge in [-0.15, -0.1) is 0 Å². The molecular formula is C14H10BrF3N2O. The first-order valence-electron chi connectivity index (χ1n) is 5.81. The fourth-order valence-corrected chi connectivity index (χ4v) is 2.17. The molecule has 0 saturated carbocycles. The highest BCUT2D eigenvalue weighted by molar-refractivity contribution is 9.10. The monoisotopic (exact) mass is 358 g/mol. The maximum absolute atomic E-state index is 12.8. The van der Waals surface area contributed by atoms with Crippen LogP contribution in [0.15, 0.2) is 46.9 Å². The normalized spacial score (nSPS) is 11.2. The summed E-state index contributed by atoms with van der Waals surface area (Å²) in [6.07, 6.45) is -4.60. The maximum atomic E-state index is 12.8. The number of halogens is 4. The zero-order valence-electron chi connectivity index (χ0n) is 10.5. The van der Waals surface area contributed by atoms with E-state index >= 15 is 0 Å². The fraction of sp³-hybridized carbons (Fsp3) is 0.0714. The molecule has 110 valence electrons. The minimum absolute atomic E-state index is 0.218. The van der Waals surface area contributed by atoms with Gasteiger partial charge in [0, 0.05) is 10.2 Å². The summed E-state index contributed by atoms with van der Waals surface area (Å²) in [4.78, 5) is 12.1. The first-order chi connectivity index (χ1) is 9.79. The predicted molar refractivity (Wildman–Crippen MR) is 78.0 cm³/mol. The molecule has 0 unspecified atom stereocenters. The first kappa shape index (κ1) is 15.4. The molecule has 1 amide bonds. The van der Waals surface area contributed by atoms with Crippen LogP contribution in [-0.4, -0.2) is 5.91 Å². The summed E-state index contributed by atoms with van der Waals surface area (Å²) in [7, 11) is 0. The Labute approximate surface area is 127 Å². The van der Waals surface area contributed by atoms with Crippen molar-refractivity contribution >= 4 is 33.2 Å². The van der Waals surface area contributed by atoms with Gasteiger partial charge in [-0.05, 0) is 30.3 Å². The van der Waals surface area contributed by atoms with Crippen LogP contribution in [0.2, 0.25) is 0 Å². The number of hydrogen-bond donors (Lipinski definition) is 2. The zero-order chi connectivity index (χ0) is 15.6. The number of alkyl halides is 3. The van der Waals surface area contributed by atoms with Gasteiger partial charge in [-0.25, -0.2) is 0 Å². The summed E-state index contributed by atoms with van der Waals surface area (Å²) in [5, 5.41) is 2.50. The summed E-state index contributed by atoms with van der Waals surface area (Å²) in [6.45, 7) is 0. The Morgan fingerprint density at radius 1 is 1.14 bits per heavy atom. The van der Waals surface area contributed by atoms with Gasteiger partial charge in [0.05, 0.1) is 16.8 Å². The van der Waals surface area contributed by atoms with Gasteiger partial charge in [-0.2, -0.15) is 13.2 Å². The number of anilines is 2. The molecule has 2 aromatic rings. The SMILES string of the molecule is Nc1c(C(=O)Nc2cccc(Br)c2)cccc1C(F)(F)F. The van der Waals surface area contributed by atoms with Crippen LogP contribution in [0, 0.1) is 0 Å². The summed E-state index contributed by atoms with van der Waals surface area (Å²) < 4.78 is 39.0. The minimum Gasteiger partial charge on any atom is -0.398 e. The quantitative estimate of drug-likeness (QED) is 0.786. The molecule has 0 fully saturated rings. The first-order valence-corrected chi connectivity index (χ1v) is 6.61. The van der Waals surface area contributed by atoms with E-state index in [2.05, 4.69) is 21.2 Å². The molecule has 0 heterocycles. The van der Waals surface area contributed by atoms with E-state index in [1.165, 1.54) is 6.07 Å². The minimum atomic E-state index is -4.60. The lowest BCUT2D eigenvalue weighted by Crippen LogP contribution is -2.17. The summed E-state index contributed by atoms with van der Waals surface area (Å²) in [5.74, 6) is -0.698. The molecule has 7 heteroatoms. The second kappa shape index (κ2) is 5.77. The highest BCUT2D eigenvalue weighted by Gasteiger charge is 2.34. The van der Waals surface area contributed by atoms with Gasteiger partial charge in [0.15, 0.2) is 0 Å². The van der Waals surface area contributed by atoms with Crippen LogP contribution in [0.3, 0.4) is 0 Å². The van der Waals surface area contributed by atoms with Crippen molar-refractivity contribution < 1.29 is 18.0 Å². The van der Waals surface area contributed by atoms with E-state index in [9.17, 15) is 18.0 Å². The van der Waals surface area contributed by atoms with Crippen LogP contribution in [0.4, 0.5) is 24.5 Å². The van der Waals surface area contributed by atoms with Gasteiger partial charge < -0.3 is 11.1 Å². The smallest absolute Gasteiger partial charge is 0.398 e. The topological polar surface area (TPSA) is 55.1 Å². The van der Waals surface area contributed by atoms with Gasteiger partial charge >= 0.3 is 6.18 Å². The number of amides is 1. The fourth-order valence-electron chi connectivity index (χ4n) is 1.78. The van der Waals surface area contributed by atoms with E-state index in [4.69, 9.17) is 5.73 Å². The van der Waals surface area contributed by atoms with Crippen molar-refractivity contribution in [2.45, 2.75) is 6.18 Å². The molecule has 2 rings (SSSR count). The highest BCUT2D eigenvalue weighted by atomic mass is 79.9. The van der Waals surface area contributed by atoms with Crippen molar-refractivity contribution in [1.29, 1.82) is 0 Å². The molecule has 21 heavy (non-hydrogen) atoms. The number of rotatable bonds is 2. The molecule has 0 aromatic heterocycles. The molecule has 0 saturated heterocycles. The Hall–Kier alpha value is -2.02. The highest BCUT2D eigenvalue weighted by Crippen LogP contribution is 2.35. The molecule has 3 N–H and O–H groups in total. The number of nitrogens with one attached hydrogen (secondary N) is 1. The molecule has 0 atom stereocenters. The summed E-state index contributed by atoms with van der Waals surface area (Å²) in [5.41, 5.74) is 4.09. The average Bonchev–Trinajstić information content (AvgIpc) is 2.37. The van der Waals surface area contributed by atoms with Crippen molar-refractivity contribution in [3.8, 4) is 0 Å². The molecular weight excluding hydrogens is 349 g/mol. The van der Waals surface area contributed by atoms with Crippen LogP contribution >= 0.6 is 15.9 Å². The number of para-hydroxylation sites is 1. The molecule has 0 bridgehead atoms. The number of carbonyl (C=O) groups is 1. The van der Waals surface area contributed by atoms with Gasteiger partial charge in [0.1, 0.15) is 0 Å². The Morgan fingerprint density at radius 2 is 1.81 bits per heavy atom. The lowest BCUT2D eigenvalue weighted by molar-refractivity contribution is -0.136.